The van der Waals surface area contributed by atoms with Crippen LogP contribution in [0, 0.1) is 13.8 Å². The van der Waals surface area contributed by atoms with Crippen molar-refractivity contribution in [1.29, 1.82) is 0 Å². The maximum atomic E-state index is 4.83. The highest BCUT2D eigenvalue weighted by atomic mass is 15.4. The van der Waals surface area contributed by atoms with Crippen LogP contribution in [0.4, 0.5) is 0 Å². The topological polar surface area (TPSA) is 61.4 Å². The molecule has 0 amide bonds. The van der Waals surface area contributed by atoms with Gasteiger partial charge in [0.25, 0.3) is 0 Å². The minimum Gasteiger partial charge on any atom is -0.306 e. The fourth-order valence-corrected chi connectivity index (χ4v) is 4.10. The van der Waals surface area contributed by atoms with Crippen molar-refractivity contribution in [1.82, 2.24) is 29.3 Å². The Morgan fingerprint density at radius 3 is 2.77 bits per heavy atom. The van der Waals surface area contributed by atoms with Gasteiger partial charge in [-0.2, -0.15) is 5.10 Å². The van der Waals surface area contributed by atoms with E-state index in [2.05, 4.69) is 51.8 Å². The molecule has 0 unspecified atom stereocenters. The number of rotatable bonds is 4. The predicted octanol–water partition coefficient (Wildman–Crippen LogP) is 4.57. The molecule has 1 aliphatic heterocycles. The highest BCUT2D eigenvalue weighted by molar-refractivity contribution is 5.68. The van der Waals surface area contributed by atoms with Crippen LogP contribution in [0.2, 0.25) is 0 Å². The molecule has 150 valence electrons. The highest BCUT2D eigenvalue weighted by Crippen LogP contribution is 2.31. The minimum atomic E-state index is 0.217. The third-order valence-electron chi connectivity index (χ3n) is 5.57. The number of hydrogen-bond donors (Lipinski definition) is 0. The monoisotopic (exact) mass is 396 g/mol. The first kappa shape index (κ1) is 18.5. The van der Waals surface area contributed by atoms with Crippen LogP contribution < -0.4 is 0 Å². The SMILES string of the molecule is Cc1cn(-c2ccc(/C=C/c3nc4n(n3)CCC[C@H]4c3ccccn3)cc2C)cn1. The van der Waals surface area contributed by atoms with E-state index in [9.17, 15) is 0 Å². The van der Waals surface area contributed by atoms with Gasteiger partial charge in [0.2, 0.25) is 0 Å². The molecular formula is C24H24N6. The van der Waals surface area contributed by atoms with E-state index in [0.29, 0.717) is 0 Å². The molecule has 4 heterocycles. The van der Waals surface area contributed by atoms with Crippen molar-refractivity contribution in [2.24, 2.45) is 0 Å². The molecule has 0 spiro atoms. The lowest BCUT2D eigenvalue weighted by Crippen LogP contribution is -2.18. The van der Waals surface area contributed by atoms with Crippen molar-refractivity contribution in [3.8, 4) is 5.69 Å². The van der Waals surface area contributed by atoms with Crippen LogP contribution in [0.15, 0.2) is 55.1 Å². The van der Waals surface area contributed by atoms with Gasteiger partial charge >= 0.3 is 0 Å². The van der Waals surface area contributed by atoms with Crippen LogP contribution in [0.5, 0.6) is 0 Å². The summed E-state index contributed by atoms with van der Waals surface area (Å²) in [5.41, 5.74) is 5.55. The Labute approximate surface area is 176 Å². The first-order valence-corrected chi connectivity index (χ1v) is 10.3. The summed E-state index contributed by atoms with van der Waals surface area (Å²) in [6, 6.07) is 12.5. The molecule has 1 aliphatic rings. The summed E-state index contributed by atoms with van der Waals surface area (Å²) in [7, 11) is 0. The Hall–Kier alpha value is -3.54. The zero-order valence-electron chi connectivity index (χ0n) is 17.2. The van der Waals surface area contributed by atoms with Crippen molar-refractivity contribution >= 4 is 12.2 Å². The molecule has 0 saturated heterocycles. The van der Waals surface area contributed by atoms with Gasteiger partial charge in [-0.1, -0.05) is 18.2 Å². The fraction of sp³-hybridized carbons (Fsp3) is 0.250. The van der Waals surface area contributed by atoms with Crippen LogP contribution in [-0.4, -0.2) is 29.3 Å². The second kappa shape index (κ2) is 7.71. The van der Waals surface area contributed by atoms with Crippen molar-refractivity contribution in [3.63, 3.8) is 0 Å². The molecule has 30 heavy (non-hydrogen) atoms. The first-order valence-electron chi connectivity index (χ1n) is 10.3. The lowest BCUT2D eigenvalue weighted by molar-refractivity contribution is 0.441. The van der Waals surface area contributed by atoms with Gasteiger partial charge in [-0.15, -0.1) is 0 Å². The van der Waals surface area contributed by atoms with Crippen molar-refractivity contribution in [2.45, 2.75) is 39.2 Å². The molecule has 0 aliphatic carbocycles. The van der Waals surface area contributed by atoms with Gasteiger partial charge in [0.05, 0.1) is 23.6 Å². The van der Waals surface area contributed by atoms with E-state index in [1.807, 2.05) is 48.5 Å². The normalized spacial score (nSPS) is 16.1. The molecule has 0 radical (unpaired) electrons. The zero-order chi connectivity index (χ0) is 20.5. The highest BCUT2D eigenvalue weighted by Gasteiger charge is 2.26. The molecule has 0 bridgehead atoms. The van der Waals surface area contributed by atoms with Crippen LogP contribution in [0.3, 0.4) is 0 Å². The average molecular weight is 396 g/mol. The minimum absolute atomic E-state index is 0.217. The standard InChI is InChI=1S/C24H24N6/c1-17-14-19(8-10-22(17)29-15-18(2)26-16-29)9-11-23-27-24-20(6-5-13-30(24)28-23)21-7-3-4-12-25-21/h3-4,7-12,14-16,20H,5-6,13H2,1-2H3/b11-9+/t20-/m0/s1. The maximum Gasteiger partial charge on any atom is 0.174 e. The Morgan fingerprint density at radius 2 is 2.00 bits per heavy atom. The summed E-state index contributed by atoms with van der Waals surface area (Å²) < 4.78 is 4.10. The van der Waals surface area contributed by atoms with Gasteiger partial charge in [-0.25, -0.2) is 14.6 Å². The van der Waals surface area contributed by atoms with Crippen molar-refractivity contribution < 1.29 is 0 Å². The Kier molecular flexibility index (Phi) is 4.75. The molecule has 1 aromatic carbocycles. The van der Waals surface area contributed by atoms with Crippen LogP contribution >= 0.6 is 0 Å². The van der Waals surface area contributed by atoms with Gasteiger partial charge in [-0.3, -0.25) is 4.98 Å². The summed E-state index contributed by atoms with van der Waals surface area (Å²) in [5.74, 6) is 1.98. The van der Waals surface area contributed by atoms with Gasteiger partial charge < -0.3 is 4.57 Å². The van der Waals surface area contributed by atoms with E-state index < -0.39 is 0 Å². The summed E-state index contributed by atoms with van der Waals surface area (Å²) in [6.45, 7) is 5.03. The van der Waals surface area contributed by atoms with Crippen LogP contribution in [0.25, 0.3) is 17.8 Å². The predicted molar refractivity (Wildman–Crippen MR) is 117 cm³/mol. The molecule has 0 saturated carbocycles. The summed E-state index contributed by atoms with van der Waals surface area (Å²) in [4.78, 5) is 13.7. The first-order chi connectivity index (χ1) is 14.7. The van der Waals surface area contributed by atoms with Gasteiger partial charge in [0, 0.05) is 24.6 Å². The number of hydrogen-bond acceptors (Lipinski definition) is 4. The molecular weight excluding hydrogens is 372 g/mol. The number of benzene rings is 1. The lowest BCUT2D eigenvalue weighted by atomic mass is 9.95. The molecule has 3 aromatic heterocycles. The smallest absolute Gasteiger partial charge is 0.174 e. The van der Waals surface area contributed by atoms with E-state index in [-0.39, 0.29) is 5.92 Å². The number of pyridine rings is 1. The molecule has 4 aromatic rings. The van der Waals surface area contributed by atoms with E-state index in [0.717, 1.165) is 53.7 Å². The van der Waals surface area contributed by atoms with Crippen LogP contribution in [0.1, 0.15) is 52.9 Å². The number of imidazole rings is 1. The van der Waals surface area contributed by atoms with E-state index in [1.54, 1.807) is 0 Å². The van der Waals surface area contributed by atoms with Gasteiger partial charge in [0.1, 0.15) is 5.82 Å². The Bertz CT molecular complexity index is 1200. The molecule has 0 N–H and O–H groups in total. The second-order valence-corrected chi connectivity index (χ2v) is 7.80. The average Bonchev–Trinajstić information content (AvgIpc) is 3.38. The van der Waals surface area contributed by atoms with Crippen molar-refractivity contribution in [3.05, 3.63) is 89.3 Å². The third kappa shape index (κ3) is 3.56. The van der Waals surface area contributed by atoms with Gasteiger partial charge in [0.15, 0.2) is 5.82 Å². The molecule has 6 heteroatoms. The number of aromatic nitrogens is 6. The Balaban J connectivity index is 1.39. The zero-order valence-corrected chi connectivity index (χ0v) is 17.2. The second-order valence-electron chi connectivity index (χ2n) is 7.80. The summed E-state index contributed by atoms with van der Waals surface area (Å²) >= 11 is 0. The maximum absolute atomic E-state index is 4.83. The fourth-order valence-electron chi connectivity index (χ4n) is 4.10. The summed E-state index contributed by atoms with van der Waals surface area (Å²) in [6.07, 6.45) is 12.0. The number of fused-ring (bicyclic) bond motifs is 1. The number of nitrogens with zero attached hydrogens (tertiary/aromatic N) is 6. The largest absolute Gasteiger partial charge is 0.306 e. The summed E-state index contributed by atoms with van der Waals surface area (Å²) in [5, 5.41) is 4.71. The van der Waals surface area contributed by atoms with E-state index >= 15 is 0 Å². The third-order valence-corrected chi connectivity index (χ3v) is 5.57. The molecule has 1 atom stereocenters. The number of aryl methyl sites for hydroxylation is 3. The van der Waals surface area contributed by atoms with E-state index in [4.69, 9.17) is 10.1 Å². The van der Waals surface area contributed by atoms with Crippen LogP contribution in [-0.2, 0) is 6.54 Å². The quantitative estimate of drug-likeness (QED) is 0.507. The molecule has 0 fully saturated rings. The van der Waals surface area contributed by atoms with E-state index in [1.165, 1.54) is 5.56 Å². The molecule has 5 rings (SSSR count). The lowest BCUT2D eigenvalue weighted by Gasteiger charge is -2.21. The molecule has 6 nitrogen and oxygen atoms in total. The van der Waals surface area contributed by atoms with Gasteiger partial charge in [-0.05, 0) is 68.2 Å². The van der Waals surface area contributed by atoms with Crippen molar-refractivity contribution in [2.75, 3.05) is 0 Å². The Morgan fingerprint density at radius 1 is 1.07 bits per heavy atom.